The van der Waals surface area contributed by atoms with Gasteiger partial charge < -0.3 is 9.64 Å². The lowest BCUT2D eigenvalue weighted by molar-refractivity contribution is 0.207. The maximum Gasteiger partial charge on any atom is 0.138 e. The Morgan fingerprint density at radius 1 is 1.44 bits per heavy atom. The van der Waals surface area contributed by atoms with E-state index in [0.717, 1.165) is 30.8 Å². The third-order valence-corrected chi connectivity index (χ3v) is 4.09. The Morgan fingerprint density at radius 2 is 2.39 bits per heavy atom. The van der Waals surface area contributed by atoms with Crippen molar-refractivity contribution in [2.45, 2.75) is 12.5 Å². The highest BCUT2D eigenvalue weighted by Crippen LogP contribution is 2.27. The van der Waals surface area contributed by atoms with Crippen molar-refractivity contribution in [2.24, 2.45) is 0 Å². The van der Waals surface area contributed by atoms with Gasteiger partial charge in [0, 0.05) is 29.7 Å². The number of aromatic nitrogens is 1. The van der Waals surface area contributed by atoms with Crippen LogP contribution in [0.3, 0.4) is 0 Å². The second-order valence-electron chi connectivity index (χ2n) is 4.68. The Labute approximate surface area is 111 Å². The van der Waals surface area contributed by atoms with Crippen LogP contribution in [-0.2, 0) is 0 Å². The summed E-state index contributed by atoms with van der Waals surface area (Å²) in [6, 6.07) is 6.24. The highest BCUT2D eigenvalue weighted by atomic mass is 32.1. The van der Waals surface area contributed by atoms with E-state index < -0.39 is 0 Å². The van der Waals surface area contributed by atoms with Gasteiger partial charge in [0.25, 0.3) is 0 Å². The molecule has 1 fully saturated rings. The molecule has 0 aliphatic carbocycles. The van der Waals surface area contributed by atoms with Gasteiger partial charge in [-0.25, -0.2) is 0 Å². The molecule has 3 heterocycles. The number of hydrogen-bond acceptors (Lipinski definition) is 4. The first-order chi connectivity index (χ1) is 8.81. The van der Waals surface area contributed by atoms with E-state index in [4.69, 9.17) is 4.74 Å². The van der Waals surface area contributed by atoms with Crippen LogP contribution in [0.2, 0.25) is 0 Å². The summed E-state index contributed by atoms with van der Waals surface area (Å²) in [6.45, 7) is 2.12. The van der Waals surface area contributed by atoms with Crippen molar-refractivity contribution in [3.63, 3.8) is 0 Å². The third kappa shape index (κ3) is 2.54. The monoisotopic (exact) mass is 260 g/mol. The summed E-state index contributed by atoms with van der Waals surface area (Å²) < 4.78 is 5.98. The average molecular weight is 260 g/mol. The first kappa shape index (κ1) is 11.7. The Morgan fingerprint density at radius 3 is 3.11 bits per heavy atom. The molecule has 0 bridgehead atoms. The van der Waals surface area contributed by atoms with Crippen LogP contribution in [0.1, 0.15) is 6.42 Å². The van der Waals surface area contributed by atoms with Gasteiger partial charge in [-0.1, -0.05) is 6.07 Å². The van der Waals surface area contributed by atoms with Crippen molar-refractivity contribution < 1.29 is 4.74 Å². The van der Waals surface area contributed by atoms with E-state index in [1.807, 2.05) is 6.20 Å². The topological polar surface area (TPSA) is 25.4 Å². The fourth-order valence-electron chi connectivity index (χ4n) is 2.24. The van der Waals surface area contributed by atoms with Gasteiger partial charge in [-0.15, -0.1) is 11.3 Å². The summed E-state index contributed by atoms with van der Waals surface area (Å²) in [5.41, 5.74) is 1.13. The first-order valence-corrected chi connectivity index (χ1v) is 7.03. The highest BCUT2D eigenvalue weighted by molar-refractivity contribution is 7.13. The fourth-order valence-corrected chi connectivity index (χ4v) is 2.95. The van der Waals surface area contributed by atoms with Crippen molar-refractivity contribution in [3.8, 4) is 16.2 Å². The zero-order valence-electron chi connectivity index (χ0n) is 10.4. The van der Waals surface area contributed by atoms with E-state index >= 15 is 0 Å². The van der Waals surface area contributed by atoms with E-state index in [0.29, 0.717) is 6.10 Å². The normalized spacial score (nSPS) is 20.2. The largest absolute Gasteiger partial charge is 0.487 e. The van der Waals surface area contributed by atoms with Gasteiger partial charge in [0.2, 0.25) is 0 Å². The number of nitrogens with zero attached hydrogens (tertiary/aromatic N) is 2. The van der Waals surface area contributed by atoms with Crippen LogP contribution < -0.4 is 4.74 Å². The molecule has 0 spiro atoms. The summed E-state index contributed by atoms with van der Waals surface area (Å²) in [4.78, 5) is 7.80. The van der Waals surface area contributed by atoms with Gasteiger partial charge in [-0.05, 0) is 31.0 Å². The maximum absolute atomic E-state index is 5.98. The molecule has 0 aromatic carbocycles. The Bertz CT molecular complexity index is 512. The molecular formula is C14H16N2OS. The summed E-state index contributed by atoms with van der Waals surface area (Å²) in [5, 5.41) is 2.08. The van der Waals surface area contributed by atoms with E-state index in [1.165, 1.54) is 4.88 Å². The molecule has 4 heteroatoms. The minimum Gasteiger partial charge on any atom is -0.487 e. The first-order valence-electron chi connectivity index (χ1n) is 6.15. The van der Waals surface area contributed by atoms with Gasteiger partial charge in [0.1, 0.15) is 11.9 Å². The number of likely N-dealkylation sites (tertiary alicyclic amines) is 1. The molecule has 0 radical (unpaired) electrons. The van der Waals surface area contributed by atoms with E-state index in [-0.39, 0.29) is 0 Å². The molecule has 94 valence electrons. The molecule has 1 saturated heterocycles. The van der Waals surface area contributed by atoms with Gasteiger partial charge >= 0.3 is 0 Å². The number of likely N-dealkylation sites (N-methyl/N-ethyl adjacent to an activating group) is 1. The van der Waals surface area contributed by atoms with Crippen molar-refractivity contribution in [1.82, 2.24) is 9.88 Å². The third-order valence-electron chi connectivity index (χ3n) is 3.17. The number of rotatable bonds is 3. The summed E-state index contributed by atoms with van der Waals surface area (Å²) in [5.74, 6) is 0.876. The number of thiophene rings is 1. The second-order valence-corrected chi connectivity index (χ2v) is 5.63. The molecule has 1 aliphatic heterocycles. The van der Waals surface area contributed by atoms with Crippen LogP contribution >= 0.6 is 11.3 Å². The van der Waals surface area contributed by atoms with Gasteiger partial charge in [0.05, 0.1) is 6.20 Å². The van der Waals surface area contributed by atoms with E-state index in [2.05, 4.69) is 40.5 Å². The molecular weight excluding hydrogens is 244 g/mol. The van der Waals surface area contributed by atoms with Crippen molar-refractivity contribution >= 4 is 11.3 Å². The van der Waals surface area contributed by atoms with Gasteiger partial charge in [-0.3, -0.25) is 4.98 Å². The van der Waals surface area contributed by atoms with Crippen LogP contribution in [0.25, 0.3) is 10.4 Å². The number of ether oxygens (including phenoxy) is 1. The van der Waals surface area contributed by atoms with Gasteiger partial charge in [0.15, 0.2) is 0 Å². The minimum absolute atomic E-state index is 0.301. The summed E-state index contributed by atoms with van der Waals surface area (Å²) >= 11 is 1.72. The van der Waals surface area contributed by atoms with Crippen molar-refractivity contribution in [1.29, 1.82) is 0 Å². The van der Waals surface area contributed by atoms with Crippen LogP contribution in [-0.4, -0.2) is 36.1 Å². The summed E-state index contributed by atoms with van der Waals surface area (Å²) in [7, 11) is 2.13. The quantitative estimate of drug-likeness (QED) is 0.848. The molecule has 1 aliphatic rings. The maximum atomic E-state index is 5.98. The average Bonchev–Trinajstić information content (AvgIpc) is 3.01. The summed E-state index contributed by atoms with van der Waals surface area (Å²) in [6.07, 6.45) is 5.09. The van der Waals surface area contributed by atoms with Gasteiger partial charge in [-0.2, -0.15) is 0 Å². The molecule has 18 heavy (non-hydrogen) atoms. The predicted molar refractivity (Wildman–Crippen MR) is 74.1 cm³/mol. The molecule has 2 aromatic rings. The van der Waals surface area contributed by atoms with E-state index in [1.54, 1.807) is 17.5 Å². The molecule has 2 aromatic heterocycles. The fraction of sp³-hybridized carbons (Fsp3) is 0.357. The molecule has 3 rings (SSSR count). The number of hydrogen-bond donors (Lipinski definition) is 0. The molecule has 1 atom stereocenters. The number of pyridine rings is 1. The van der Waals surface area contributed by atoms with Crippen molar-refractivity contribution in [2.75, 3.05) is 20.1 Å². The Balaban J connectivity index is 1.75. The zero-order valence-corrected chi connectivity index (χ0v) is 11.2. The highest BCUT2D eigenvalue weighted by Gasteiger charge is 2.21. The van der Waals surface area contributed by atoms with E-state index in [9.17, 15) is 0 Å². The molecule has 3 nitrogen and oxygen atoms in total. The van der Waals surface area contributed by atoms with Crippen LogP contribution in [0.4, 0.5) is 0 Å². The van der Waals surface area contributed by atoms with Crippen LogP contribution in [0, 0.1) is 0 Å². The Kier molecular flexibility index (Phi) is 3.30. The lowest BCUT2D eigenvalue weighted by atomic mass is 10.2. The van der Waals surface area contributed by atoms with Crippen molar-refractivity contribution in [3.05, 3.63) is 36.0 Å². The molecule has 0 saturated carbocycles. The van der Waals surface area contributed by atoms with Crippen LogP contribution in [0.5, 0.6) is 5.75 Å². The lowest BCUT2D eigenvalue weighted by Crippen LogP contribution is -2.21. The zero-order chi connectivity index (χ0) is 12.4. The lowest BCUT2D eigenvalue weighted by Gasteiger charge is -2.13. The predicted octanol–water partition coefficient (Wildman–Crippen LogP) is 2.89. The van der Waals surface area contributed by atoms with Crippen LogP contribution in [0.15, 0.2) is 36.0 Å². The molecule has 0 N–H and O–H groups in total. The standard InChI is InChI=1S/C14H16N2OS/c1-16-5-4-12(10-16)17-13-7-11(8-15-9-13)14-3-2-6-18-14/h2-3,6-9,12H,4-5,10H2,1H3/t12-/m1/s1. The second kappa shape index (κ2) is 5.08. The minimum atomic E-state index is 0.301. The molecule has 0 unspecified atom stereocenters. The molecule has 0 amide bonds. The SMILES string of the molecule is CN1CC[C@@H](Oc2cncc(-c3cccs3)c2)C1. The smallest absolute Gasteiger partial charge is 0.138 e. The Hall–Kier alpha value is -1.39.